The Labute approximate surface area is 157 Å². The molecular weight excluding hydrogens is 344 g/mol. The van der Waals surface area contributed by atoms with E-state index < -0.39 is 0 Å². The molecule has 2 aromatic carbocycles. The fraction of sp³-hybridized carbons (Fsp3) is 0.286. The molecule has 0 aromatic heterocycles. The van der Waals surface area contributed by atoms with Crippen molar-refractivity contribution in [3.05, 3.63) is 70.3 Å². The maximum absolute atomic E-state index is 12.7. The van der Waals surface area contributed by atoms with Gasteiger partial charge in [0.2, 0.25) is 0 Å². The number of morpholine rings is 1. The van der Waals surface area contributed by atoms with Gasteiger partial charge in [-0.2, -0.15) is 0 Å². The van der Waals surface area contributed by atoms with Crippen LogP contribution in [0.15, 0.2) is 42.5 Å². The molecule has 2 aliphatic rings. The fourth-order valence-corrected chi connectivity index (χ4v) is 3.50. The number of hydrogen-bond donors (Lipinski definition) is 1. The molecule has 1 amide bonds. The molecule has 0 radical (unpaired) electrons. The number of carbonyl (C=O) groups excluding carboxylic acids is 3. The molecule has 6 heteroatoms. The molecule has 1 aliphatic heterocycles. The van der Waals surface area contributed by atoms with Gasteiger partial charge in [-0.25, -0.2) is 0 Å². The van der Waals surface area contributed by atoms with Gasteiger partial charge in [-0.3, -0.25) is 19.3 Å². The summed E-state index contributed by atoms with van der Waals surface area (Å²) in [5.74, 6) is -0.646. The van der Waals surface area contributed by atoms with Crippen molar-refractivity contribution in [3.8, 4) is 0 Å². The highest BCUT2D eigenvalue weighted by Crippen LogP contribution is 2.27. The lowest BCUT2D eigenvalue weighted by Gasteiger charge is -2.26. The van der Waals surface area contributed by atoms with Crippen molar-refractivity contribution in [1.29, 1.82) is 0 Å². The van der Waals surface area contributed by atoms with Gasteiger partial charge in [-0.1, -0.05) is 24.3 Å². The number of nitrogens with zero attached hydrogens (tertiary/aromatic N) is 1. The van der Waals surface area contributed by atoms with E-state index in [9.17, 15) is 14.4 Å². The van der Waals surface area contributed by atoms with Crippen molar-refractivity contribution in [1.82, 2.24) is 10.2 Å². The van der Waals surface area contributed by atoms with Crippen molar-refractivity contribution in [2.75, 3.05) is 39.4 Å². The lowest BCUT2D eigenvalue weighted by molar-refractivity contribution is 0.0383. The Kier molecular flexibility index (Phi) is 4.83. The normalized spacial score (nSPS) is 16.6. The molecule has 0 atom stereocenters. The molecule has 1 saturated heterocycles. The first kappa shape index (κ1) is 17.6. The van der Waals surface area contributed by atoms with Gasteiger partial charge in [0.15, 0.2) is 11.6 Å². The van der Waals surface area contributed by atoms with Gasteiger partial charge in [0, 0.05) is 54.0 Å². The minimum atomic E-state index is -0.245. The quantitative estimate of drug-likeness (QED) is 0.760. The number of fused-ring (bicyclic) bond motifs is 2. The Balaban J connectivity index is 1.48. The summed E-state index contributed by atoms with van der Waals surface area (Å²) < 4.78 is 5.30. The van der Waals surface area contributed by atoms with Gasteiger partial charge in [-0.15, -0.1) is 0 Å². The van der Waals surface area contributed by atoms with Crippen LogP contribution in [0.4, 0.5) is 0 Å². The van der Waals surface area contributed by atoms with E-state index in [2.05, 4.69) is 10.2 Å². The first-order chi connectivity index (χ1) is 13.1. The van der Waals surface area contributed by atoms with Gasteiger partial charge in [-0.05, 0) is 18.2 Å². The van der Waals surface area contributed by atoms with Crippen LogP contribution in [-0.2, 0) is 4.74 Å². The van der Waals surface area contributed by atoms with Crippen molar-refractivity contribution >= 4 is 17.5 Å². The molecule has 2 aromatic rings. The molecule has 1 heterocycles. The number of ketones is 2. The van der Waals surface area contributed by atoms with Crippen LogP contribution in [0.25, 0.3) is 0 Å². The van der Waals surface area contributed by atoms with Crippen LogP contribution in [0.5, 0.6) is 0 Å². The van der Waals surface area contributed by atoms with E-state index >= 15 is 0 Å². The van der Waals surface area contributed by atoms with Gasteiger partial charge < -0.3 is 10.1 Å². The second-order valence-electron chi connectivity index (χ2n) is 6.67. The first-order valence-corrected chi connectivity index (χ1v) is 9.06. The zero-order valence-electron chi connectivity index (χ0n) is 14.9. The standard InChI is InChI=1S/C21H20N2O4/c24-19-15-3-1-2-4-16(15)20(25)18-13-14(5-6-17(18)19)21(26)22-7-8-23-9-11-27-12-10-23/h1-6,13H,7-12H2,(H,22,26). The first-order valence-electron chi connectivity index (χ1n) is 9.06. The van der Waals surface area contributed by atoms with E-state index in [4.69, 9.17) is 4.74 Å². The third-order valence-electron chi connectivity index (χ3n) is 5.00. The molecule has 1 aliphatic carbocycles. The van der Waals surface area contributed by atoms with E-state index in [0.717, 1.165) is 32.8 Å². The average Bonchev–Trinajstić information content (AvgIpc) is 2.72. The third-order valence-corrected chi connectivity index (χ3v) is 5.00. The van der Waals surface area contributed by atoms with Crippen LogP contribution in [-0.4, -0.2) is 61.8 Å². The smallest absolute Gasteiger partial charge is 0.251 e. The van der Waals surface area contributed by atoms with E-state index in [1.165, 1.54) is 6.07 Å². The molecule has 4 rings (SSSR count). The second kappa shape index (κ2) is 7.42. The highest BCUT2D eigenvalue weighted by molar-refractivity contribution is 6.28. The number of amides is 1. The number of nitrogens with one attached hydrogen (secondary N) is 1. The van der Waals surface area contributed by atoms with Gasteiger partial charge in [0.1, 0.15) is 0 Å². The summed E-state index contributed by atoms with van der Waals surface area (Å²) >= 11 is 0. The molecule has 0 bridgehead atoms. The zero-order valence-corrected chi connectivity index (χ0v) is 14.9. The summed E-state index contributed by atoms with van der Waals surface area (Å²) in [6.07, 6.45) is 0. The number of carbonyl (C=O) groups is 3. The van der Waals surface area contributed by atoms with Gasteiger partial charge in [0.05, 0.1) is 13.2 Å². The summed E-state index contributed by atoms with van der Waals surface area (Å²) in [5.41, 5.74) is 1.83. The van der Waals surface area contributed by atoms with Crippen LogP contribution >= 0.6 is 0 Å². The Bertz CT molecular complexity index is 916. The SMILES string of the molecule is O=C(NCCN1CCOCC1)c1ccc2c(c1)C(=O)c1ccccc1C2=O. The lowest BCUT2D eigenvalue weighted by atomic mass is 9.83. The minimum Gasteiger partial charge on any atom is -0.379 e. The number of ether oxygens (including phenoxy) is 1. The number of benzene rings is 2. The molecule has 0 spiro atoms. The number of rotatable bonds is 4. The monoisotopic (exact) mass is 364 g/mol. The maximum Gasteiger partial charge on any atom is 0.251 e. The molecule has 1 N–H and O–H groups in total. The van der Waals surface area contributed by atoms with Gasteiger partial charge >= 0.3 is 0 Å². The van der Waals surface area contributed by atoms with E-state index in [1.54, 1.807) is 36.4 Å². The van der Waals surface area contributed by atoms with Crippen molar-refractivity contribution in [3.63, 3.8) is 0 Å². The molecule has 138 valence electrons. The van der Waals surface area contributed by atoms with Crippen LogP contribution in [0.1, 0.15) is 42.2 Å². The summed E-state index contributed by atoms with van der Waals surface area (Å²) in [6.45, 7) is 4.44. The Morgan fingerprint density at radius 2 is 1.56 bits per heavy atom. The predicted octanol–water partition coefficient (Wildman–Crippen LogP) is 1.52. The minimum absolute atomic E-state index is 0.181. The highest BCUT2D eigenvalue weighted by atomic mass is 16.5. The predicted molar refractivity (Wildman–Crippen MR) is 99.3 cm³/mol. The molecule has 0 saturated carbocycles. The van der Waals surface area contributed by atoms with Crippen LogP contribution in [0, 0.1) is 0 Å². The molecule has 6 nitrogen and oxygen atoms in total. The van der Waals surface area contributed by atoms with Crippen LogP contribution in [0.3, 0.4) is 0 Å². The molecular formula is C21H20N2O4. The van der Waals surface area contributed by atoms with Crippen molar-refractivity contribution in [2.24, 2.45) is 0 Å². The molecule has 27 heavy (non-hydrogen) atoms. The van der Waals surface area contributed by atoms with E-state index in [1.807, 2.05) is 0 Å². The highest BCUT2D eigenvalue weighted by Gasteiger charge is 2.29. The lowest BCUT2D eigenvalue weighted by Crippen LogP contribution is -2.41. The second-order valence-corrected chi connectivity index (χ2v) is 6.67. The third kappa shape index (κ3) is 3.41. The Hall–Kier alpha value is -2.83. The van der Waals surface area contributed by atoms with E-state index in [0.29, 0.717) is 34.4 Å². The summed E-state index contributed by atoms with van der Waals surface area (Å²) in [4.78, 5) is 40.0. The van der Waals surface area contributed by atoms with Crippen molar-refractivity contribution in [2.45, 2.75) is 0 Å². The van der Waals surface area contributed by atoms with Gasteiger partial charge in [0.25, 0.3) is 5.91 Å². The molecule has 0 unspecified atom stereocenters. The zero-order chi connectivity index (χ0) is 18.8. The van der Waals surface area contributed by atoms with Crippen LogP contribution in [0.2, 0.25) is 0 Å². The van der Waals surface area contributed by atoms with Crippen molar-refractivity contribution < 1.29 is 19.1 Å². The fourth-order valence-electron chi connectivity index (χ4n) is 3.50. The topological polar surface area (TPSA) is 75.7 Å². The number of hydrogen-bond acceptors (Lipinski definition) is 5. The average molecular weight is 364 g/mol. The Morgan fingerprint density at radius 3 is 2.26 bits per heavy atom. The summed E-state index contributed by atoms with van der Waals surface area (Å²) in [6, 6.07) is 11.5. The summed E-state index contributed by atoms with van der Waals surface area (Å²) in [5, 5.41) is 2.88. The summed E-state index contributed by atoms with van der Waals surface area (Å²) in [7, 11) is 0. The van der Waals surface area contributed by atoms with E-state index in [-0.39, 0.29) is 17.5 Å². The Morgan fingerprint density at radius 1 is 0.926 bits per heavy atom. The largest absolute Gasteiger partial charge is 0.379 e. The maximum atomic E-state index is 12.7. The molecule has 1 fully saturated rings. The van der Waals surface area contributed by atoms with Crippen LogP contribution < -0.4 is 5.32 Å².